The normalized spacial score (nSPS) is 10.8. The number of halogens is 2. The molecular formula is C20H18Cl2N2. The standard InChI is InChI=1S/C20H18Cl2N2/c1-2-3-4-20-23-18(14-5-9-16(21)10-6-14)13-19(24-20)15-7-11-17(22)12-8-15/h5-13H,2-4H2,1H3. The van der Waals surface area contributed by atoms with Crippen LogP contribution in [0.3, 0.4) is 0 Å². The van der Waals surface area contributed by atoms with E-state index < -0.39 is 0 Å². The lowest BCUT2D eigenvalue weighted by Crippen LogP contribution is -1.99. The second kappa shape index (κ2) is 7.78. The molecule has 0 aliphatic carbocycles. The molecule has 0 unspecified atom stereocenters. The van der Waals surface area contributed by atoms with Crippen molar-refractivity contribution in [2.45, 2.75) is 26.2 Å². The van der Waals surface area contributed by atoms with Crippen molar-refractivity contribution in [2.75, 3.05) is 0 Å². The predicted molar refractivity (Wildman–Crippen MR) is 102 cm³/mol. The van der Waals surface area contributed by atoms with E-state index in [4.69, 9.17) is 33.2 Å². The molecular weight excluding hydrogens is 339 g/mol. The van der Waals surface area contributed by atoms with Crippen LogP contribution in [0.1, 0.15) is 25.6 Å². The molecule has 0 atom stereocenters. The van der Waals surface area contributed by atoms with Crippen LogP contribution in [0.5, 0.6) is 0 Å². The summed E-state index contributed by atoms with van der Waals surface area (Å²) in [6.45, 7) is 2.17. The summed E-state index contributed by atoms with van der Waals surface area (Å²) in [5.41, 5.74) is 3.90. The Morgan fingerprint density at radius 2 is 1.21 bits per heavy atom. The minimum absolute atomic E-state index is 0.719. The van der Waals surface area contributed by atoms with Crippen molar-refractivity contribution in [1.82, 2.24) is 9.97 Å². The van der Waals surface area contributed by atoms with E-state index in [1.54, 1.807) is 0 Å². The van der Waals surface area contributed by atoms with Crippen LogP contribution in [-0.4, -0.2) is 9.97 Å². The first kappa shape index (κ1) is 16.9. The van der Waals surface area contributed by atoms with Crippen LogP contribution < -0.4 is 0 Å². The Balaban J connectivity index is 2.05. The minimum atomic E-state index is 0.719. The number of benzene rings is 2. The van der Waals surface area contributed by atoms with Gasteiger partial charge in [0, 0.05) is 27.6 Å². The molecule has 3 rings (SSSR count). The minimum Gasteiger partial charge on any atom is -0.233 e. The molecule has 0 spiro atoms. The average Bonchev–Trinajstić information content (AvgIpc) is 2.61. The number of nitrogens with zero attached hydrogens (tertiary/aromatic N) is 2. The summed E-state index contributed by atoms with van der Waals surface area (Å²) >= 11 is 12.0. The molecule has 0 fully saturated rings. The van der Waals surface area contributed by atoms with Gasteiger partial charge in [-0.05, 0) is 36.8 Å². The third-order valence-corrected chi connectivity index (χ3v) is 4.31. The van der Waals surface area contributed by atoms with Crippen LogP contribution >= 0.6 is 23.2 Å². The Bertz CT molecular complexity index is 748. The first-order valence-electron chi connectivity index (χ1n) is 8.05. The van der Waals surface area contributed by atoms with Gasteiger partial charge in [0.15, 0.2) is 0 Å². The molecule has 0 amide bonds. The fraction of sp³-hybridized carbons (Fsp3) is 0.200. The Morgan fingerprint density at radius 3 is 1.62 bits per heavy atom. The summed E-state index contributed by atoms with van der Waals surface area (Å²) in [7, 11) is 0. The topological polar surface area (TPSA) is 25.8 Å². The second-order valence-corrected chi connectivity index (χ2v) is 6.54. The lowest BCUT2D eigenvalue weighted by atomic mass is 10.1. The summed E-state index contributed by atoms with van der Waals surface area (Å²) in [6, 6.07) is 17.5. The van der Waals surface area contributed by atoms with E-state index in [9.17, 15) is 0 Å². The SMILES string of the molecule is CCCCc1nc(-c2ccc(Cl)cc2)cc(-c2ccc(Cl)cc2)n1. The second-order valence-electron chi connectivity index (χ2n) is 5.67. The largest absolute Gasteiger partial charge is 0.233 e. The highest BCUT2D eigenvalue weighted by Gasteiger charge is 2.09. The number of hydrogen-bond acceptors (Lipinski definition) is 2. The van der Waals surface area contributed by atoms with Gasteiger partial charge in [0.2, 0.25) is 0 Å². The molecule has 3 aromatic rings. The fourth-order valence-corrected chi connectivity index (χ4v) is 2.73. The molecule has 0 aliphatic rings. The Morgan fingerprint density at radius 1 is 0.750 bits per heavy atom. The average molecular weight is 357 g/mol. The van der Waals surface area contributed by atoms with Crippen molar-refractivity contribution in [3.05, 3.63) is 70.5 Å². The molecule has 4 heteroatoms. The van der Waals surface area contributed by atoms with Gasteiger partial charge in [-0.25, -0.2) is 9.97 Å². The molecule has 24 heavy (non-hydrogen) atoms. The van der Waals surface area contributed by atoms with Crippen molar-refractivity contribution < 1.29 is 0 Å². The monoisotopic (exact) mass is 356 g/mol. The predicted octanol–water partition coefficient (Wildman–Crippen LogP) is 6.46. The number of aromatic nitrogens is 2. The summed E-state index contributed by atoms with van der Waals surface area (Å²) in [5, 5.41) is 1.44. The third-order valence-electron chi connectivity index (χ3n) is 3.81. The molecule has 122 valence electrons. The van der Waals surface area contributed by atoms with Gasteiger partial charge in [0.05, 0.1) is 11.4 Å². The van der Waals surface area contributed by atoms with Crippen LogP contribution in [0.4, 0.5) is 0 Å². The van der Waals surface area contributed by atoms with Crippen LogP contribution in [0, 0.1) is 0 Å². The van der Waals surface area contributed by atoms with Gasteiger partial charge < -0.3 is 0 Å². The van der Waals surface area contributed by atoms with Gasteiger partial charge in [-0.1, -0.05) is 60.8 Å². The highest BCUT2D eigenvalue weighted by atomic mass is 35.5. The van der Waals surface area contributed by atoms with Crippen LogP contribution in [0.2, 0.25) is 10.0 Å². The van der Waals surface area contributed by atoms with Crippen LogP contribution in [0.15, 0.2) is 54.6 Å². The highest BCUT2D eigenvalue weighted by Crippen LogP contribution is 2.26. The number of unbranched alkanes of at least 4 members (excludes halogenated alkanes) is 1. The zero-order valence-corrected chi connectivity index (χ0v) is 15.0. The molecule has 0 saturated heterocycles. The fourth-order valence-electron chi connectivity index (χ4n) is 2.48. The van der Waals surface area contributed by atoms with Gasteiger partial charge in [0.1, 0.15) is 5.82 Å². The maximum Gasteiger partial charge on any atom is 0.129 e. The molecule has 0 aliphatic heterocycles. The smallest absolute Gasteiger partial charge is 0.129 e. The molecule has 0 bridgehead atoms. The lowest BCUT2D eigenvalue weighted by Gasteiger charge is -2.09. The van der Waals surface area contributed by atoms with E-state index in [0.717, 1.165) is 57.6 Å². The van der Waals surface area contributed by atoms with Gasteiger partial charge in [0.25, 0.3) is 0 Å². The van der Waals surface area contributed by atoms with Crippen LogP contribution in [0.25, 0.3) is 22.5 Å². The highest BCUT2D eigenvalue weighted by molar-refractivity contribution is 6.30. The van der Waals surface area contributed by atoms with Crippen molar-refractivity contribution in [3.63, 3.8) is 0 Å². The van der Waals surface area contributed by atoms with Crippen molar-refractivity contribution in [3.8, 4) is 22.5 Å². The van der Waals surface area contributed by atoms with E-state index in [-0.39, 0.29) is 0 Å². The maximum atomic E-state index is 6.00. The Labute approximate surface area is 152 Å². The summed E-state index contributed by atoms with van der Waals surface area (Å²) in [6.07, 6.45) is 3.06. The van der Waals surface area contributed by atoms with E-state index >= 15 is 0 Å². The molecule has 2 aromatic carbocycles. The quantitative estimate of drug-likeness (QED) is 0.524. The van der Waals surface area contributed by atoms with E-state index in [0.29, 0.717) is 0 Å². The number of rotatable bonds is 5. The van der Waals surface area contributed by atoms with E-state index in [2.05, 4.69) is 6.92 Å². The molecule has 0 radical (unpaired) electrons. The Kier molecular flexibility index (Phi) is 5.49. The van der Waals surface area contributed by atoms with Crippen molar-refractivity contribution in [1.29, 1.82) is 0 Å². The van der Waals surface area contributed by atoms with Gasteiger partial charge in [-0.15, -0.1) is 0 Å². The number of aryl methyl sites for hydroxylation is 1. The Hall–Kier alpha value is -1.90. The molecule has 2 nitrogen and oxygen atoms in total. The van der Waals surface area contributed by atoms with Crippen LogP contribution in [-0.2, 0) is 6.42 Å². The van der Waals surface area contributed by atoms with Gasteiger partial charge in [-0.3, -0.25) is 0 Å². The number of hydrogen-bond donors (Lipinski definition) is 0. The maximum absolute atomic E-state index is 6.00. The van der Waals surface area contributed by atoms with E-state index in [1.807, 2.05) is 54.6 Å². The molecule has 0 N–H and O–H groups in total. The van der Waals surface area contributed by atoms with Gasteiger partial charge >= 0.3 is 0 Å². The molecule has 1 heterocycles. The first-order chi connectivity index (χ1) is 11.7. The summed E-state index contributed by atoms with van der Waals surface area (Å²) in [4.78, 5) is 9.47. The molecule has 0 saturated carbocycles. The third kappa shape index (κ3) is 4.14. The summed E-state index contributed by atoms with van der Waals surface area (Å²) in [5.74, 6) is 0.870. The zero-order chi connectivity index (χ0) is 16.9. The van der Waals surface area contributed by atoms with Crippen molar-refractivity contribution >= 4 is 23.2 Å². The zero-order valence-electron chi connectivity index (χ0n) is 13.5. The molecule has 1 aromatic heterocycles. The lowest BCUT2D eigenvalue weighted by molar-refractivity contribution is 0.754. The van der Waals surface area contributed by atoms with E-state index in [1.165, 1.54) is 0 Å². The van der Waals surface area contributed by atoms with Crippen molar-refractivity contribution in [2.24, 2.45) is 0 Å². The van der Waals surface area contributed by atoms with Gasteiger partial charge in [-0.2, -0.15) is 0 Å². The summed E-state index contributed by atoms with van der Waals surface area (Å²) < 4.78 is 0. The first-order valence-corrected chi connectivity index (χ1v) is 8.81.